The zero-order valence-electron chi connectivity index (χ0n) is 23.4. The number of rotatable bonds is 8. The molecule has 11 nitrogen and oxygen atoms in total. The van der Waals surface area contributed by atoms with E-state index in [2.05, 4.69) is 24.9 Å². The van der Waals surface area contributed by atoms with Crippen LogP contribution in [0.5, 0.6) is 0 Å². The SMILES string of the molecule is Cc1ncc2c(N3CCC(F)(F)CC3)nc(NC(=O)c3ccc(NS(=O)(=O)CCO)cc3N3CCC4(CC3)CC4)cn12. The normalized spacial score (nSPS) is 19.7. The molecule has 42 heavy (non-hydrogen) atoms. The van der Waals surface area contributed by atoms with E-state index in [1.165, 1.54) is 18.9 Å². The number of nitrogens with zero attached hydrogens (tertiary/aromatic N) is 5. The molecule has 2 aliphatic heterocycles. The summed E-state index contributed by atoms with van der Waals surface area (Å²) in [5, 5.41) is 12.0. The number of sulfonamides is 1. The second kappa shape index (κ2) is 10.6. The van der Waals surface area contributed by atoms with Crippen molar-refractivity contribution in [2.75, 3.05) is 58.4 Å². The van der Waals surface area contributed by atoms with Gasteiger partial charge < -0.3 is 20.2 Å². The summed E-state index contributed by atoms with van der Waals surface area (Å²) in [6.45, 7) is 3.05. The van der Waals surface area contributed by atoms with Gasteiger partial charge in [-0.25, -0.2) is 27.2 Å². The Hall–Kier alpha value is -3.52. The van der Waals surface area contributed by atoms with Crippen molar-refractivity contribution in [1.82, 2.24) is 14.4 Å². The van der Waals surface area contributed by atoms with Gasteiger partial charge in [-0.2, -0.15) is 0 Å². The lowest BCUT2D eigenvalue weighted by Crippen LogP contribution is -2.40. The van der Waals surface area contributed by atoms with Crippen LogP contribution in [0.25, 0.3) is 5.52 Å². The molecule has 3 aromatic rings. The highest BCUT2D eigenvalue weighted by molar-refractivity contribution is 7.92. The van der Waals surface area contributed by atoms with Gasteiger partial charge in [-0.3, -0.25) is 13.9 Å². The number of hydrogen-bond acceptors (Lipinski definition) is 8. The van der Waals surface area contributed by atoms with Gasteiger partial charge in [-0.15, -0.1) is 0 Å². The van der Waals surface area contributed by atoms with Crippen LogP contribution in [0.15, 0.2) is 30.6 Å². The first-order valence-corrected chi connectivity index (χ1v) is 15.9. The number of halogens is 2. The number of aromatic nitrogens is 3. The molecule has 1 spiro atoms. The fourth-order valence-electron chi connectivity index (χ4n) is 5.92. The number of aliphatic hydroxyl groups excluding tert-OH is 1. The molecular formula is C28H35F2N7O4S. The number of aryl methyl sites for hydroxylation is 1. The van der Waals surface area contributed by atoms with E-state index < -0.39 is 34.2 Å². The molecule has 0 bridgehead atoms. The van der Waals surface area contributed by atoms with Crippen LogP contribution >= 0.6 is 0 Å². The summed E-state index contributed by atoms with van der Waals surface area (Å²) in [6.07, 6.45) is 7.19. The van der Waals surface area contributed by atoms with E-state index in [1.54, 1.807) is 33.8 Å². The van der Waals surface area contributed by atoms with Gasteiger partial charge in [0.1, 0.15) is 11.3 Å². The molecule has 1 saturated carbocycles. The molecule has 2 aromatic heterocycles. The van der Waals surface area contributed by atoms with E-state index in [4.69, 9.17) is 5.11 Å². The smallest absolute Gasteiger partial charge is 0.258 e. The molecule has 4 heterocycles. The Kier molecular flexibility index (Phi) is 7.24. The Balaban J connectivity index is 1.31. The van der Waals surface area contributed by atoms with Gasteiger partial charge in [0.2, 0.25) is 10.0 Å². The predicted molar refractivity (Wildman–Crippen MR) is 156 cm³/mol. The van der Waals surface area contributed by atoms with Crippen LogP contribution in [-0.2, 0) is 10.0 Å². The Morgan fingerprint density at radius 1 is 1.05 bits per heavy atom. The minimum Gasteiger partial charge on any atom is -0.395 e. The summed E-state index contributed by atoms with van der Waals surface area (Å²) in [5.74, 6) is -2.19. The Labute approximate surface area is 243 Å². The van der Waals surface area contributed by atoms with Crippen molar-refractivity contribution in [2.24, 2.45) is 5.41 Å². The number of nitrogens with one attached hydrogen (secondary N) is 2. The van der Waals surface area contributed by atoms with Crippen LogP contribution in [-0.4, -0.2) is 78.3 Å². The third-order valence-electron chi connectivity index (χ3n) is 8.72. The number of benzene rings is 1. The minimum absolute atomic E-state index is 0.130. The first-order valence-electron chi connectivity index (χ1n) is 14.3. The molecule has 2 saturated heterocycles. The maximum atomic E-state index is 13.9. The molecule has 3 fully saturated rings. The molecule has 3 aliphatic rings. The van der Waals surface area contributed by atoms with E-state index in [1.807, 2.05) is 6.92 Å². The third-order valence-corrected chi connectivity index (χ3v) is 9.99. The second-order valence-corrected chi connectivity index (χ2v) is 13.5. The van der Waals surface area contributed by atoms with Crippen molar-refractivity contribution in [1.29, 1.82) is 0 Å². The minimum atomic E-state index is -3.75. The van der Waals surface area contributed by atoms with Gasteiger partial charge in [-0.1, -0.05) is 0 Å². The van der Waals surface area contributed by atoms with E-state index in [9.17, 15) is 22.0 Å². The summed E-state index contributed by atoms with van der Waals surface area (Å²) in [7, 11) is -3.75. The zero-order valence-corrected chi connectivity index (χ0v) is 24.3. The fourth-order valence-corrected chi connectivity index (χ4v) is 6.75. The molecule has 0 radical (unpaired) electrons. The van der Waals surface area contributed by atoms with Crippen LogP contribution in [0.4, 0.5) is 31.8 Å². The lowest BCUT2D eigenvalue weighted by molar-refractivity contribution is -0.0221. The maximum absolute atomic E-state index is 13.9. The number of alkyl halides is 2. The van der Waals surface area contributed by atoms with Crippen molar-refractivity contribution < 1.29 is 27.1 Å². The predicted octanol–water partition coefficient (Wildman–Crippen LogP) is 3.64. The zero-order chi connectivity index (χ0) is 29.7. The van der Waals surface area contributed by atoms with Crippen LogP contribution in [0.1, 0.15) is 54.7 Å². The highest BCUT2D eigenvalue weighted by Crippen LogP contribution is 2.54. The number of imidazole rings is 1. The fraction of sp³-hybridized carbons (Fsp3) is 0.536. The molecule has 0 unspecified atom stereocenters. The summed E-state index contributed by atoms with van der Waals surface area (Å²) in [4.78, 5) is 26.7. The van der Waals surface area contributed by atoms with Crippen LogP contribution in [0, 0.1) is 12.3 Å². The number of amides is 1. The van der Waals surface area contributed by atoms with Crippen molar-refractivity contribution in [3.05, 3.63) is 42.0 Å². The van der Waals surface area contributed by atoms with Gasteiger partial charge in [0.15, 0.2) is 11.6 Å². The van der Waals surface area contributed by atoms with E-state index >= 15 is 0 Å². The molecule has 226 valence electrons. The first-order chi connectivity index (χ1) is 20.0. The number of piperidine rings is 2. The van der Waals surface area contributed by atoms with Crippen molar-refractivity contribution in [3.63, 3.8) is 0 Å². The average molecular weight is 604 g/mol. The Morgan fingerprint density at radius 2 is 1.74 bits per heavy atom. The molecule has 6 rings (SSSR count). The van der Waals surface area contributed by atoms with Crippen molar-refractivity contribution in [2.45, 2.75) is 51.4 Å². The number of hydrogen-bond donors (Lipinski definition) is 3. The topological polar surface area (TPSA) is 132 Å². The molecule has 1 aliphatic carbocycles. The van der Waals surface area contributed by atoms with Gasteiger partial charge in [0, 0.05) is 39.0 Å². The summed E-state index contributed by atoms with van der Waals surface area (Å²) < 4.78 is 56.7. The molecule has 1 aromatic carbocycles. The van der Waals surface area contributed by atoms with Crippen LogP contribution < -0.4 is 19.8 Å². The largest absolute Gasteiger partial charge is 0.395 e. The van der Waals surface area contributed by atoms with Crippen LogP contribution in [0.3, 0.4) is 0 Å². The van der Waals surface area contributed by atoms with Crippen LogP contribution in [0.2, 0.25) is 0 Å². The lowest BCUT2D eigenvalue weighted by Gasteiger charge is -2.35. The third kappa shape index (κ3) is 5.87. The van der Waals surface area contributed by atoms with Gasteiger partial charge >= 0.3 is 0 Å². The number of carbonyl (C=O) groups is 1. The van der Waals surface area contributed by atoms with E-state index in [0.717, 1.165) is 25.9 Å². The number of carbonyl (C=O) groups excluding carboxylic acids is 1. The summed E-state index contributed by atoms with van der Waals surface area (Å²) in [5.41, 5.74) is 2.33. The number of fused-ring (bicyclic) bond motifs is 1. The van der Waals surface area contributed by atoms with Crippen molar-refractivity contribution in [3.8, 4) is 0 Å². The summed E-state index contributed by atoms with van der Waals surface area (Å²) in [6, 6.07) is 4.76. The molecular weight excluding hydrogens is 568 g/mol. The Morgan fingerprint density at radius 3 is 2.40 bits per heavy atom. The van der Waals surface area contributed by atoms with Gasteiger partial charge in [0.05, 0.1) is 41.7 Å². The molecule has 0 atom stereocenters. The maximum Gasteiger partial charge on any atom is 0.258 e. The average Bonchev–Trinajstić information content (AvgIpc) is 3.59. The highest BCUT2D eigenvalue weighted by atomic mass is 32.2. The lowest BCUT2D eigenvalue weighted by atomic mass is 9.93. The second-order valence-electron chi connectivity index (χ2n) is 11.7. The number of anilines is 4. The number of aliphatic hydroxyl groups is 1. The van der Waals surface area contributed by atoms with Gasteiger partial charge in [-0.05, 0) is 56.2 Å². The quantitative estimate of drug-likeness (QED) is 0.356. The summed E-state index contributed by atoms with van der Waals surface area (Å²) >= 11 is 0. The van der Waals surface area contributed by atoms with Gasteiger partial charge in [0.25, 0.3) is 11.8 Å². The van der Waals surface area contributed by atoms with Crippen molar-refractivity contribution >= 4 is 44.5 Å². The van der Waals surface area contributed by atoms with E-state index in [0.29, 0.717) is 39.5 Å². The monoisotopic (exact) mass is 603 g/mol. The Bertz CT molecular complexity index is 1600. The molecule has 3 N–H and O–H groups in total. The first kappa shape index (κ1) is 28.6. The molecule has 1 amide bonds. The highest BCUT2D eigenvalue weighted by Gasteiger charge is 2.44. The van der Waals surface area contributed by atoms with E-state index in [-0.39, 0.29) is 31.7 Å². The standard InChI is InChI=1S/C28H35F2N7O4S/c1-19-31-17-23-25(36-12-8-28(29,30)9-13-36)32-24(18-37(19)23)33-26(39)21-3-2-20(34-42(40,41)15-14-38)16-22(21)35-10-6-27(4-5-27)7-11-35/h2-3,16-18,34,38H,4-15H2,1H3,(H,33,39). The molecule has 14 heteroatoms.